The number of benzene rings is 3. The van der Waals surface area contributed by atoms with Gasteiger partial charge in [-0.1, -0.05) is 23.7 Å². The minimum atomic E-state index is -0.270. The second-order valence-corrected chi connectivity index (χ2v) is 12.1. The summed E-state index contributed by atoms with van der Waals surface area (Å²) < 4.78 is 6.52. The van der Waals surface area contributed by atoms with E-state index in [-0.39, 0.29) is 29.7 Å². The van der Waals surface area contributed by atoms with Crippen molar-refractivity contribution in [3.05, 3.63) is 92.9 Å². The molecule has 220 valence electrons. The van der Waals surface area contributed by atoms with E-state index in [0.29, 0.717) is 58.8 Å². The third-order valence-electron chi connectivity index (χ3n) is 8.02. The molecule has 5 rings (SSSR count). The topological polar surface area (TPSA) is 82.2 Å². The fourth-order valence-electron chi connectivity index (χ4n) is 5.57. The van der Waals surface area contributed by atoms with Gasteiger partial charge in [0.2, 0.25) is 5.91 Å². The molecule has 3 aromatic rings. The van der Waals surface area contributed by atoms with Gasteiger partial charge < -0.3 is 24.8 Å². The number of nitrogens with zero attached hydrogens (tertiary/aromatic N) is 3. The van der Waals surface area contributed by atoms with E-state index in [1.54, 1.807) is 54.5 Å². The molecule has 2 heterocycles. The van der Waals surface area contributed by atoms with Crippen molar-refractivity contribution in [3.63, 3.8) is 0 Å². The van der Waals surface area contributed by atoms with Crippen molar-refractivity contribution in [1.82, 2.24) is 9.80 Å². The van der Waals surface area contributed by atoms with Crippen LogP contribution in [0.1, 0.15) is 45.0 Å². The number of amides is 3. The first-order valence-electron chi connectivity index (χ1n) is 14.0. The molecule has 1 N–H and O–H groups in total. The molecule has 3 amide bonds. The number of halogens is 2. The summed E-state index contributed by atoms with van der Waals surface area (Å²) in [6, 6.07) is 19.5. The van der Waals surface area contributed by atoms with Gasteiger partial charge in [-0.15, -0.1) is 0 Å². The summed E-state index contributed by atoms with van der Waals surface area (Å²) in [7, 11) is 3.70. The molecule has 8 nitrogen and oxygen atoms in total. The molecule has 1 saturated heterocycles. The number of anilines is 2. The molecule has 2 unspecified atom stereocenters. The number of rotatable bonds is 6. The maximum absolute atomic E-state index is 13.9. The van der Waals surface area contributed by atoms with Crippen LogP contribution >= 0.6 is 27.5 Å². The minimum absolute atomic E-state index is 0.105. The highest BCUT2D eigenvalue weighted by Gasteiger charge is 2.34. The number of hydrogen-bond donors (Lipinski definition) is 1. The number of fused-ring (bicyclic) bond motifs is 1. The normalized spacial score (nSPS) is 19.1. The van der Waals surface area contributed by atoms with E-state index < -0.39 is 0 Å². The van der Waals surface area contributed by atoms with E-state index in [1.165, 1.54) is 0 Å². The van der Waals surface area contributed by atoms with Crippen molar-refractivity contribution < 1.29 is 19.1 Å². The standard InChI is InChI=1S/C32H34BrClN4O4/c1-36-13-15-37(16-14-36)30(39)18-22-17-25(42-2)20-38(29-12-9-23(34)19-27(22)29)32(41)21-7-10-24(11-8-21)35-31(40)26-5-3-4-6-28(26)33/h3-12,19,22,25H,13-18,20H2,1-2H3,(H,35,40). The Kier molecular flexibility index (Phi) is 9.63. The molecular weight excluding hydrogens is 620 g/mol. The second kappa shape index (κ2) is 13.4. The zero-order chi connectivity index (χ0) is 29.8. The van der Waals surface area contributed by atoms with Crippen LogP contribution in [0.5, 0.6) is 0 Å². The monoisotopic (exact) mass is 652 g/mol. The summed E-state index contributed by atoms with van der Waals surface area (Å²) in [6.07, 6.45) is 0.645. The molecule has 3 aromatic carbocycles. The summed E-state index contributed by atoms with van der Waals surface area (Å²) in [5.74, 6) is -0.493. The van der Waals surface area contributed by atoms with E-state index in [4.69, 9.17) is 16.3 Å². The SMILES string of the molecule is COC1CC(CC(=O)N2CCN(C)CC2)c2cc(Cl)ccc2N(C(=O)c2ccc(NC(=O)c3ccccc3Br)cc2)C1. The minimum Gasteiger partial charge on any atom is -0.380 e. The highest BCUT2D eigenvalue weighted by molar-refractivity contribution is 9.10. The van der Waals surface area contributed by atoms with Crippen LogP contribution in [-0.2, 0) is 9.53 Å². The van der Waals surface area contributed by atoms with E-state index in [2.05, 4.69) is 33.2 Å². The molecule has 0 saturated carbocycles. The van der Waals surface area contributed by atoms with E-state index in [9.17, 15) is 14.4 Å². The maximum Gasteiger partial charge on any atom is 0.258 e. The first-order chi connectivity index (χ1) is 20.2. The predicted molar refractivity (Wildman–Crippen MR) is 169 cm³/mol. The summed E-state index contributed by atoms with van der Waals surface area (Å²) in [4.78, 5) is 45.9. The van der Waals surface area contributed by atoms with Gasteiger partial charge in [-0.25, -0.2) is 0 Å². The Morgan fingerprint density at radius 2 is 1.71 bits per heavy atom. The molecule has 0 aromatic heterocycles. The van der Waals surface area contributed by atoms with Crippen LogP contribution in [0.15, 0.2) is 71.2 Å². The van der Waals surface area contributed by atoms with Gasteiger partial charge in [0.25, 0.3) is 11.8 Å². The Bertz CT molecular complexity index is 1460. The molecule has 1 fully saturated rings. The van der Waals surface area contributed by atoms with Crippen LogP contribution in [0.4, 0.5) is 11.4 Å². The van der Waals surface area contributed by atoms with Crippen molar-refractivity contribution in [2.24, 2.45) is 0 Å². The lowest BCUT2D eigenvalue weighted by atomic mass is 9.89. The van der Waals surface area contributed by atoms with Crippen LogP contribution in [0.25, 0.3) is 0 Å². The van der Waals surface area contributed by atoms with Gasteiger partial charge in [0.05, 0.1) is 18.2 Å². The van der Waals surface area contributed by atoms with Crippen molar-refractivity contribution in [2.75, 3.05) is 57.1 Å². The Balaban J connectivity index is 1.37. The number of carbonyl (C=O) groups is 3. The molecule has 2 aliphatic heterocycles. The van der Waals surface area contributed by atoms with Crippen LogP contribution < -0.4 is 10.2 Å². The molecule has 42 heavy (non-hydrogen) atoms. The van der Waals surface area contributed by atoms with Gasteiger partial charge in [-0.3, -0.25) is 14.4 Å². The van der Waals surface area contributed by atoms with Gasteiger partial charge in [0, 0.05) is 66.1 Å². The fraction of sp³-hybridized carbons (Fsp3) is 0.344. The number of ether oxygens (including phenoxy) is 1. The van der Waals surface area contributed by atoms with Crippen molar-refractivity contribution >= 4 is 56.6 Å². The third kappa shape index (κ3) is 6.86. The number of likely N-dealkylation sites (N-methyl/N-ethyl adjacent to an activating group) is 1. The van der Waals surface area contributed by atoms with Gasteiger partial charge in [-0.05, 0) is 95.5 Å². The maximum atomic E-state index is 13.9. The predicted octanol–water partition coefficient (Wildman–Crippen LogP) is 5.67. The van der Waals surface area contributed by atoms with Crippen molar-refractivity contribution in [3.8, 4) is 0 Å². The summed E-state index contributed by atoms with van der Waals surface area (Å²) in [6.45, 7) is 3.47. The van der Waals surface area contributed by atoms with E-state index in [0.717, 1.165) is 24.3 Å². The number of piperazine rings is 1. The number of carbonyl (C=O) groups excluding carboxylic acids is 3. The molecule has 2 aliphatic rings. The largest absolute Gasteiger partial charge is 0.380 e. The van der Waals surface area contributed by atoms with Crippen molar-refractivity contribution in [2.45, 2.75) is 24.9 Å². The molecule has 10 heteroatoms. The van der Waals surface area contributed by atoms with Gasteiger partial charge >= 0.3 is 0 Å². The fourth-order valence-corrected chi connectivity index (χ4v) is 6.21. The summed E-state index contributed by atoms with van der Waals surface area (Å²) >= 11 is 9.86. The lowest BCUT2D eigenvalue weighted by Gasteiger charge is -2.33. The van der Waals surface area contributed by atoms with Gasteiger partial charge in [0.1, 0.15) is 0 Å². The van der Waals surface area contributed by atoms with E-state index in [1.807, 2.05) is 29.2 Å². The average Bonchev–Trinajstić information content (AvgIpc) is 3.14. The molecule has 0 aliphatic carbocycles. The highest BCUT2D eigenvalue weighted by atomic mass is 79.9. The van der Waals surface area contributed by atoms with Crippen LogP contribution in [0.3, 0.4) is 0 Å². The Hall–Kier alpha value is -3.24. The lowest BCUT2D eigenvalue weighted by molar-refractivity contribution is -0.133. The Labute approximate surface area is 259 Å². The van der Waals surface area contributed by atoms with Gasteiger partial charge in [0.15, 0.2) is 0 Å². The summed E-state index contributed by atoms with van der Waals surface area (Å²) in [5, 5.41) is 3.43. The first-order valence-corrected chi connectivity index (χ1v) is 15.2. The molecule has 2 atom stereocenters. The first kappa shape index (κ1) is 30.2. The smallest absolute Gasteiger partial charge is 0.258 e. The van der Waals surface area contributed by atoms with Crippen molar-refractivity contribution in [1.29, 1.82) is 0 Å². The van der Waals surface area contributed by atoms with Crippen LogP contribution in [-0.4, -0.2) is 80.5 Å². The molecule has 0 radical (unpaired) electrons. The number of nitrogens with one attached hydrogen (secondary N) is 1. The summed E-state index contributed by atoms with van der Waals surface area (Å²) in [5.41, 5.74) is 3.16. The quantitative estimate of drug-likeness (QED) is 0.371. The molecule has 0 bridgehead atoms. The van der Waals surface area contributed by atoms with Crippen LogP contribution in [0.2, 0.25) is 5.02 Å². The second-order valence-electron chi connectivity index (χ2n) is 10.8. The van der Waals surface area contributed by atoms with Crippen LogP contribution in [0, 0.1) is 0 Å². The van der Waals surface area contributed by atoms with E-state index >= 15 is 0 Å². The van der Waals surface area contributed by atoms with Gasteiger partial charge in [-0.2, -0.15) is 0 Å². The average molecular weight is 654 g/mol. The third-order valence-corrected chi connectivity index (χ3v) is 8.94. The Morgan fingerprint density at radius 1 is 1.00 bits per heavy atom. The number of hydrogen-bond acceptors (Lipinski definition) is 5. The Morgan fingerprint density at radius 3 is 2.40 bits per heavy atom. The zero-order valence-electron chi connectivity index (χ0n) is 23.7. The lowest BCUT2D eigenvalue weighted by Crippen LogP contribution is -2.47. The zero-order valence-corrected chi connectivity index (χ0v) is 26.0. The molecule has 0 spiro atoms. The highest BCUT2D eigenvalue weighted by Crippen LogP contribution is 2.40. The number of methoxy groups -OCH3 is 1. The molecular formula is C32H34BrClN4O4.